The Morgan fingerprint density at radius 3 is 2.74 bits per heavy atom. The van der Waals surface area contributed by atoms with Crippen molar-refractivity contribution in [3.63, 3.8) is 0 Å². The number of benzene rings is 2. The number of aromatic nitrogens is 2. The van der Waals surface area contributed by atoms with Crippen LogP contribution in [0.5, 0.6) is 11.8 Å². The second-order valence-electron chi connectivity index (χ2n) is 11.2. The molecule has 6 rings (SSSR count). The van der Waals surface area contributed by atoms with Gasteiger partial charge in [0.2, 0.25) is 5.91 Å². The summed E-state index contributed by atoms with van der Waals surface area (Å²) in [5.41, 5.74) is 2.03. The Morgan fingerprint density at radius 2 is 1.98 bits per heavy atom. The summed E-state index contributed by atoms with van der Waals surface area (Å²) in [5.74, 6) is 0.678. The number of phenols is 1. The smallest absolute Gasteiger partial charge is 0.318 e. The predicted octanol–water partition coefficient (Wildman–Crippen LogP) is 3.41. The number of amides is 2. The van der Waals surface area contributed by atoms with Crippen LogP contribution in [-0.2, 0) is 17.9 Å². The molecule has 11 heteroatoms. The molecule has 220 valence electrons. The second-order valence-corrected chi connectivity index (χ2v) is 11.5. The monoisotopic (exact) mass is 590 g/mol. The van der Waals surface area contributed by atoms with Crippen molar-refractivity contribution in [1.82, 2.24) is 24.7 Å². The number of anilines is 1. The van der Waals surface area contributed by atoms with Crippen LogP contribution in [0.4, 0.5) is 5.82 Å². The van der Waals surface area contributed by atoms with E-state index in [1.54, 1.807) is 15.9 Å². The molecule has 2 fully saturated rings. The molecule has 2 atom stereocenters. The Balaban J connectivity index is 1.31. The third-order valence-electron chi connectivity index (χ3n) is 8.60. The maximum atomic E-state index is 13.9. The first-order valence-electron chi connectivity index (χ1n) is 14.3. The van der Waals surface area contributed by atoms with E-state index in [-0.39, 0.29) is 35.5 Å². The molecule has 0 aliphatic carbocycles. The van der Waals surface area contributed by atoms with E-state index >= 15 is 0 Å². The Kier molecular flexibility index (Phi) is 7.92. The average Bonchev–Trinajstić information content (AvgIpc) is 3.63. The fourth-order valence-corrected chi connectivity index (χ4v) is 6.54. The minimum atomic E-state index is -0.217. The summed E-state index contributed by atoms with van der Waals surface area (Å²) in [6, 6.07) is 11.1. The van der Waals surface area contributed by atoms with Gasteiger partial charge in [0.05, 0.1) is 30.4 Å². The zero-order chi connectivity index (χ0) is 29.4. The Bertz CT molecular complexity index is 1530. The third-order valence-corrected chi connectivity index (χ3v) is 8.95. The van der Waals surface area contributed by atoms with Crippen molar-refractivity contribution in [3.8, 4) is 11.8 Å². The van der Waals surface area contributed by atoms with E-state index in [2.05, 4.69) is 23.4 Å². The largest absolute Gasteiger partial charge is 0.508 e. The molecule has 1 aromatic heterocycles. The molecule has 1 N–H and O–H groups in total. The van der Waals surface area contributed by atoms with Gasteiger partial charge in [-0.25, -0.2) is 0 Å². The highest BCUT2D eigenvalue weighted by molar-refractivity contribution is 6.18. The van der Waals surface area contributed by atoms with E-state index in [4.69, 9.17) is 26.3 Å². The van der Waals surface area contributed by atoms with Crippen LogP contribution < -0.4 is 9.64 Å². The van der Waals surface area contributed by atoms with E-state index in [1.807, 2.05) is 24.3 Å². The van der Waals surface area contributed by atoms with Crippen LogP contribution in [0, 0.1) is 0 Å². The molecule has 0 saturated carbocycles. The van der Waals surface area contributed by atoms with Crippen LogP contribution in [0.2, 0.25) is 0 Å². The Hall–Kier alpha value is -3.89. The number of alkyl halides is 1. The first kappa shape index (κ1) is 28.2. The lowest BCUT2D eigenvalue weighted by atomic mass is 10.0. The topological polar surface area (TPSA) is 102 Å². The molecular weight excluding hydrogens is 556 g/mol. The molecule has 3 aliphatic rings. The van der Waals surface area contributed by atoms with Crippen molar-refractivity contribution in [3.05, 3.63) is 65.9 Å². The quantitative estimate of drug-likeness (QED) is 0.330. The van der Waals surface area contributed by atoms with E-state index in [0.29, 0.717) is 56.8 Å². The van der Waals surface area contributed by atoms with Crippen molar-refractivity contribution in [2.45, 2.75) is 38.0 Å². The summed E-state index contributed by atoms with van der Waals surface area (Å²) in [4.78, 5) is 43.9. The Labute approximate surface area is 250 Å². The van der Waals surface area contributed by atoms with Gasteiger partial charge in [-0.3, -0.25) is 9.59 Å². The molecule has 2 amide bonds. The number of phenolic OH excluding ortho intramolecular Hbond substituents is 1. The SMILES string of the molecule is C=CC(=O)N1CCN(c2nc(OC[C@@H]3CCCN3C)nc3c2CN(C(=O)c2cc(O)cc4ccccc24)C3)C[C@@H]1CCl. The van der Waals surface area contributed by atoms with Crippen molar-refractivity contribution in [2.24, 2.45) is 0 Å². The number of halogens is 1. The standard InChI is InChI=1S/C31H35ClN6O4/c1-3-28(40)38-12-11-36(16-22(38)15-32)29-26-17-37(30(41)25-14-23(39)13-20-7-4-5-9-24(20)25)18-27(26)33-31(34-29)42-19-21-8-6-10-35(21)2/h3-5,7,9,13-14,21-22,39H,1,6,8,10-12,15-19H2,2H3/t21-,22-/m0/s1. The summed E-state index contributed by atoms with van der Waals surface area (Å²) in [6.07, 6.45) is 3.51. The first-order valence-corrected chi connectivity index (χ1v) is 14.9. The number of likely N-dealkylation sites (tertiary alicyclic amines) is 1. The fraction of sp³-hybridized carbons (Fsp3) is 0.419. The molecule has 2 aromatic carbocycles. The lowest BCUT2D eigenvalue weighted by Crippen LogP contribution is -2.56. The van der Waals surface area contributed by atoms with Gasteiger partial charge in [0.15, 0.2) is 0 Å². The predicted molar refractivity (Wildman–Crippen MR) is 161 cm³/mol. The number of nitrogens with zero attached hydrogens (tertiary/aromatic N) is 6. The highest BCUT2D eigenvalue weighted by Crippen LogP contribution is 2.35. The van der Waals surface area contributed by atoms with E-state index in [9.17, 15) is 14.7 Å². The van der Waals surface area contributed by atoms with Crippen LogP contribution in [0.15, 0.2) is 49.1 Å². The van der Waals surface area contributed by atoms with Gasteiger partial charge in [0.25, 0.3) is 5.91 Å². The minimum absolute atomic E-state index is 0.0425. The molecule has 3 aromatic rings. The molecule has 2 saturated heterocycles. The minimum Gasteiger partial charge on any atom is -0.508 e. The molecule has 0 radical (unpaired) electrons. The van der Waals surface area contributed by atoms with Crippen LogP contribution in [0.3, 0.4) is 0 Å². The van der Waals surface area contributed by atoms with E-state index in [0.717, 1.165) is 41.4 Å². The lowest BCUT2D eigenvalue weighted by molar-refractivity contribution is -0.128. The maximum Gasteiger partial charge on any atom is 0.318 e. The fourth-order valence-electron chi connectivity index (χ4n) is 6.27. The molecule has 3 aliphatic heterocycles. The van der Waals surface area contributed by atoms with Gasteiger partial charge in [-0.2, -0.15) is 9.97 Å². The van der Waals surface area contributed by atoms with Crippen molar-refractivity contribution >= 4 is 40.0 Å². The molecular formula is C31H35ClN6O4. The molecule has 10 nitrogen and oxygen atoms in total. The van der Waals surface area contributed by atoms with Crippen LogP contribution >= 0.6 is 11.6 Å². The normalized spacial score (nSPS) is 20.7. The molecule has 0 spiro atoms. The number of ether oxygens (including phenoxy) is 1. The summed E-state index contributed by atoms with van der Waals surface area (Å²) in [5, 5.41) is 11.9. The zero-order valence-electron chi connectivity index (χ0n) is 23.7. The molecule has 0 unspecified atom stereocenters. The van der Waals surface area contributed by atoms with Crippen LogP contribution in [-0.4, -0.2) is 99.4 Å². The third kappa shape index (κ3) is 5.36. The number of carbonyl (C=O) groups excluding carboxylic acids is 2. The van der Waals surface area contributed by atoms with Crippen molar-refractivity contribution in [2.75, 3.05) is 50.6 Å². The van der Waals surface area contributed by atoms with Crippen molar-refractivity contribution < 1.29 is 19.4 Å². The zero-order valence-corrected chi connectivity index (χ0v) is 24.5. The van der Waals surface area contributed by atoms with Gasteiger partial charge in [-0.15, -0.1) is 11.6 Å². The van der Waals surface area contributed by atoms with E-state index in [1.165, 1.54) is 12.1 Å². The molecule has 0 bridgehead atoms. The number of hydrogen-bond acceptors (Lipinski definition) is 8. The van der Waals surface area contributed by atoms with Gasteiger partial charge in [0, 0.05) is 37.1 Å². The molecule has 42 heavy (non-hydrogen) atoms. The summed E-state index contributed by atoms with van der Waals surface area (Å²) in [6.45, 7) is 7.28. The Morgan fingerprint density at radius 1 is 1.14 bits per heavy atom. The number of likely N-dealkylation sites (N-methyl/N-ethyl adjacent to an activating group) is 1. The van der Waals surface area contributed by atoms with Crippen LogP contribution in [0.1, 0.15) is 34.5 Å². The van der Waals surface area contributed by atoms with Crippen LogP contribution in [0.25, 0.3) is 10.8 Å². The maximum absolute atomic E-state index is 13.9. The summed E-state index contributed by atoms with van der Waals surface area (Å²) >= 11 is 6.32. The highest BCUT2D eigenvalue weighted by Gasteiger charge is 2.36. The van der Waals surface area contributed by atoms with Gasteiger partial charge in [-0.05, 0) is 55.4 Å². The van der Waals surface area contributed by atoms with Gasteiger partial charge in [-0.1, -0.05) is 30.8 Å². The number of aromatic hydroxyl groups is 1. The number of piperazine rings is 1. The number of rotatable bonds is 7. The van der Waals surface area contributed by atoms with Gasteiger partial charge >= 0.3 is 6.01 Å². The lowest BCUT2D eigenvalue weighted by Gasteiger charge is -2.41. The number of carbonyl (C=O) groups is 2. The van der Waals surface area contributed by atoms with Crippen molar-refractivity contribution in [1.29, 1.82) is 0 Å². The van der Waals surface area contributed by atoms with Gasteiger partial charge < -0.3 is 29.4 Å². The number of fused-ring (bicyclic) bond motifs is 2. The second kappa shape index (κ2) is 11.8. The number of hydrogen-bond donors (Lipinski definition) is 1. The average molecular weight is 591 g/mol. The summed E-state index contributed by atoms with van der Waals surface area (Å²) in [7, 11) is 2.10. The summed E-state index contributed by atoms with van der Waals surface area (Å²) < 4.78 is 6.17. The highest BCUT2D eigenvalue weighted by atomic mass is 35.5. The van der Waals surface area contributed by atoms with E-state index < -0.39 is 0 Å². The molecule has 4 heterocycles. The van der Waals surface area contributed by atoms with Gasteiger partial charge in [0.1, 0.15) is 18.2 Å². The first-order chi connectivity index (χ1) is 20.4.